The Hall–Kier alpha value is -3.95. The summed E-state index contributed by atoms with van der Waals surface area (Å²) in [6, 6.07) is 12.5. The topological polar surface area (TPSA) is 72.5 Å². The molecule has 1 aliphatic rings. The number of aromatic hydroxyl groups is 1. The number of anilines is 1. The first-order valence-electron chi connectivity index (χ1n) is 11.7. The third-order valence-corrected chi connectivity index (χ3v) is 6.57. The molecule has 4 aromatic rings. The van der Waals surface area contributed by atoms with Crippen LogP contribution < -0.4 is 15.3 Å². The van der Waals surface area contributed by atoms with Crippen molar-refractivity contribution in [3.63, 3.8) is 0 Å². The molecule has 5 rings (SSSR count). The van der Waals surface area contributed by atoms with Crippen molar-refractivity contribution in [3.8, 4) is 17.3 Å². The highest BCUT2D eigenvalue weighted by atomic mass is 19.4. The molecule has 10 heteroatoms. The Morgan fingerprint density at radius 2 is 1.72 bits per heavy atom. The maximum absolute atomic E-state index is 13.5. The average Bonchev–Trinajstić information content (AvgIpc) is 3.07. The number of rotatable bonds is 5. The number of benzene rings is 2. The van der Waals surface area contributed by atoms with Gasteiger partial charge in [-0.2, -0.15) is 0 Å². The van der Waals surface area contributed by atoms with Crippen LogP contribution in [0.15, 0.2) is 59.5 Å². The number of ether oxygens (including phenoxy) is 1. The molecule has 0 bridgehead atoms. The maximum atomic E-state index is 13.5. The molecule has 1 aliphatic heterocycles. The van der Waals surface area contributed by atoms with Gasteiger partial charge in [-0.15, -0.1) is 13.2 Å². The zero-order valence-electron chi connectivity index (χ0n) is 19.6. The van der Waals surface area contributed by atoms with Gasteiger partial charge in [0.2, 0.25) is 5.88 Å². The Morgan fingerprint density at radius 1 is 1.03 bits per heavy atom. The molecule has 188 valence electrons. The monoisotopic (exact) mass is 498 g/mol. The van der Waals surface area contributed by atoms with E-state index in [9.17, 15) is 23.1 Å². The second-order valence-corrected chi connectivity index (χ2v) is 8.84. The fourth-order valence-electron chi connectivity index (χ4n) is 4.77. The highest BCUT2D eigenvalue weighted by molar-refractivity contribution is 5.86. The summed E-state index contributed by atoms with van der Waals surface area (Å²) in [5.74, 6) is -0.688. The Morgan fingerprint density at radius 3 is 2.42 bits per heavy atom. The van der Waals surface area contributed by atoms with E-state index in [0.29, 0.717) is 5.69 Å². The number of imidazole rings is 1. The van der Waals surface area contributed by atoms with Crippen molar-refractivity contribution in [2.24, 2.45) is 0 Å². The molecule has 0 atom stereocenters. The lowest BCUT2D eigenvalue weighted by Crippen LogP contribution is -2.31. The number of hydrogen-bond acceptors (Lipinski definition) is 5. The molecular weight excluding hydrogens is 473 g/mol. The van der Waals surface area contributed by atoms with E-state index in [1.807, 2.05) is 30.5 Å². The van der Waals surface area contributed by atoms with E-state index in [0.717, 1.165) is 64.8 Å². The number of fused-ring (bicyclic) bond motifs is 1. The molecule has 1 N–H and O–H groups in total. The van der Waals surface area contributed by atoms with Crippen LogP contribution >= 0.6 is 0 Å². The van der Waals surface area contributed by atoms with Crippen molar-refractivity contribution >= 4 is 16.6 Å². The number of hydrogen-bond donors (Lipinski definition) is 1. The van der Waals surface area contributed by atoms with Crippen molar-refractivity contribution in [2.75, 3.05) is 18.0 Å². The van der Waals surface area contributed by atoms with E-state index in [1.54, 1.807) is 6.92 Å². The van der Waals surface area contributed by atoms with E-state index >= 15 is 0 Å². The van der Waals surface area contributed by atoms with Gasteiger partial charge < -0.3 is 14.7 Å². The van der Waals surface area contributed by atoms with Gasteiger partial charge in [0, 0.05) is 24.0 Å². The molecule has 0 unspecified atom stereocenters. The van der Waals surface area contributed by atoms with E-state index in [4.69, 9.17) is 0 Å². The third kappa shape index (κ3) is 4.50. The standard InChI is InChI=1S/C26H25F3N4O3/c1-17-24(34)33(18-9-11-19(12-10-18)36-26(27,28)29)25(35)32(17)16-21-20-7-3-4-8-22(20)30-15-23(21)31-13-5-2-6-14-31/h3-4,7-12,15,34H,2,5-6,13-14,16H2,1H3. The van der Waals surface area contributed by atoms with Gasteiger partial charge in [-0.25, -0.2) is 9.36 Å². The van der Waals surface area contributed by atoms with Gasteiger partial charge in [-0.3, -0.25) is 9.55 Å². The summed E-state index contributed by atoms with van der Waals surface area (Å²) in [5.41, 5.74) is 2.77. The molecule has 3 heterocycles. The van der Waals surface area contributed by atoms with Crippen LogP contribution in [0.25, 0.3) is 16.6 Å². The lowest BCUT2D eigenvalue weighted by molar-refractivity contribution is -0.274. The summed E-state index contributed by atoms with van der Waals surface area (Å²) in [7, 11) is 0. The number of alkyl halides is 3. The Kier molecular flexibility index (Phi) is 6.11. The lowest BCUT2D eigenvalue weighted by Gasteiger charge is -2.31. The molecular formula is C26H25F3N4O3. The van der Waals surface area contributed by atoms with E-state index in [-0.39, 0.29) is 18.1 Å². The zero-order valence-corrected chi connectivity index (χ0v) is 19.6. The maximum Gasteiger partial charge on any atom is 0.573 e. The predicted molar refractivity (Wildman–Crippen MR) is 130 cm³/mol. The molecule has 1 fully saturated rings. The largest absolute Gasteiger partial charge is 0.573 e. The summed E-state index contributed by atoms with van der Waals surface area (Å²) < 4.78 is 44.0. The number of piperidine rings is 1. The van der Waals surface area contributed by atoms with Crippen LogP contribution in [0, 0.1) is 6.92 Å². The van der Waals surface area contributed by atoms with Crippen molar-refractivity contribution < 1.29 is 23.0 Å². The summed E-state index contributed by atoms with van der Waals surface area (Å²) in [5, 5.41) is 11.7. The predicted octanol–water partition coefficient (Wildman–Crippen LogP) is 5.14. The average molecular weight is 499 g/mol. The molecule has 0 saturated carbocycles. The lowest BCUT2D eigenvalue weighted by atomic mass is 10.0. The van der Waals surface area contributed by atoms with Crippen LogP contribution in [0.1, 0.15) is 30.5 Å². The van der Waals surface area contributed by atoms with E-state index < -0.39 is 17.8 Å². The Labute approximate surface area is 205 Å². The van der Waals surface area contributed by atoms with Gasteiger partial charge in [-0.05, 0) is 56.5 Å². The van der Waals surface area contributed by atoms with Crippen LogP contribution in [0.5, 0.6) is 11.6 Å². The number of aromatic nitrogens is 3. The van der Waals surface area contributed by atoms with Crippen LogP contribution in [-0.4, -0.2) is 38.7 Å². The quantitative estimate of drug-likeness (QED) is 0.413. The smallest absolute Gasteiger partial charge is 0.493 e. The minimum atomic E-state index is -4.82. The molecule has 2 aromatic heterocycles. The summed E-state index contributed by atoms with van der Waals surface area (Å²) in [6.07, 6.45) is 0.362. The van der Waals surface area contributed by atoms with Crippen LogP contribution in [0.3, 0.4) is 0 Å². The highest BCUT2D eigenvalue weighted by Gasteiger charge is 2.31. The van der Waals surface area contributed by atoms with Crippen molar-refractivity contribution in [2.45, 2.75) is 39.1 Å². The minimum Gasteiger partial charge on any atom is -0.493 e. The number of para-hydroxylation sites is 1. The van der Waals surface area contributed by atoms with Gasteiger partial charge in [0.1, 0.15) is 5.75 Å². The third-order valence-electron chi connectivity index (χ3n) is 6.57. The summed E-state index contributed by atoms with van der Waals surface area (Å²) in [4.78, 5) is 20.4. The highest BCUT2D eigenvalue weighted by Crippen LogP contribution is 2.31. The minimum absolute atomic E-state index is 0.204. The summed E-state index contributed by atoms with van der Waals surface area (Å²) >= 11 is 0. The summed E-state index contributed by atoms with van der Waals surface area (Å²) in [6.45, 7) is 3.65. The van der Waals surface area contributed by atoms with Gasteiger partial charge in [0.25, 0.3) is 0 Å². The van der Waals surface area contributed by atoms with E-state index in [1.165, 1.54) is 23.1 Å². The number of nitrogens with zero attached hydrogens (tertiary/aromatic N) is 4. The Balaban J connectivity index is 1.57. The fraction of sp³-hybridized carbons (Fsp3) is 0.308. The Bertz CT molecular complexity index is 1450. The molecule has 2 aromatic carbocycles. The first-order valence-corrected chi connectivity index (χ1v) is 11.7. The van der Waals surface area contributed by atoms with E-state index in [2.05, 4.69) is 14.6 Å². The van der Waals surface area contributed by atoms with Crippen LogP contribution in [0.2, 0.25) is 0 Å². The molecule has 0 amide bonds. The number of halogens is 3. The second kappa shape index (κ2) is 9.25. The molecule has 1 saturated heterocycles. The van der Waals surface area contributed by atoms with Gasteiger partial charge >= 0.3 is 12.1 Å². The van der Waals surface area contributed by atoms with Crippen molar-refractivity contribution in [1.82, 2.24) is 14.1 Å². The molecule has 0 spiro atoms. The van der Waals surface area contributed by atoms with Crippen LogP contribution in [0.4, 0.5) is 18.9 Å². The van der Waals surface area contributed by atoms with Gasteiger partial charge in [0.05, 0.1) is 35.3 Å². The first kappa shape index (κ1) is 23.8. The first-order chi connectivity index (χ1) is 17.2. The normalized spacial score (nSPS) is 14.4. The fourth-order valence-corrected chi connectivity index (χ4v) is 4.77. The van der Waals surface area contributed by atoms with Crippen LogP contribution in [-0.2, 0) is 6.54 Å². The SMILES string of the molecule is Cc1c(O)n(-c2ccc(OC(F)(F)F)cc2)c(=O)n1Cc1c(N2CCCCC2)cnc2ccccc12. The van der Waals surface area contributed by atoms with Gasteiger partial charge in [0.15, 0.2) is 0 Å². The molecule has 7 nitrogen and oxygen atoms in total. The number of pyridine rings is 1. The van der Waals surface area contributed by atoms with Crippen molar-refractivity contribution in [3.05, 3.63) is 76.5 Å². The second-order valence-electron chi connectivity index (χ2n) is 8.84. The molecule has 0 aliphatic carbocycles. The molecule has 0 radical (unpaired) electrons. The zero-order chi connectivity index (χ0) is 25.4. The molecule has 36 heavy (non-hydrogen) atoms. The van der Waals surface area contributed by atoms with Crippen molar-refractivity contribution in [1.29, 1.82) is 0 Å². The van der Waals surface area contributed by atoms with Gasteiger partial charge in [-0.1, -0.05) is 18.2 Å².